The van der Waals surface area contributed by atoms with Crippen LogP contribution in [0.5, 0.6) is 0 Å². The first-order valence-corrected chi connectivity index (χ1v) is 22.5. The van der Waals surface area contributed by atoms with Crippen molar-refractivity contribution < 1.29 is 28.6 Å². The summed E-state index contributed by atoms with van der Waals surface area (Å²) in [5.74, 6) is 0.840. The average Bonchev–Trinajstić information content (AvgIpc) is 3.91. The summed E-state index contributed by atoms with van der Waals surface area (Å²) in [7, 11) is 0. The Balaban J connectivity index is 0.000000296. The molecule has 0 atom stereocenters. The molecule has 0 amide bonds. The van der Waals surface area contributed by atoms with Crippen LogP contribution in [0.3, 0.4) is 0 Å². The Morgan fingerprint density at radius 2 is 1.38 bits per heavy atom. The van der Waals surface area contributed by atoms with Crippen LogP contribution >= 0.6 is 0 Å². The molecular formula is C61H53IrN3O-2. The Morgan fingerprint density at radius 1 is 0.636 bits per heavy atom. The molecule has 0 spiro atoms. The van der Waals surface area contributed by atoms with Crippen LogP contribution in [0.4, 0.5) is 0 Å². The Morgan fingerprint density at radius 3 is 2.11 bits per heavy atom. The zero-order valence-electron chi connectivity index (χ0n) is 41.3. The number of pyridine rings is 1. The van der Waals surface area contributed by atoms with Crippen LogP contribution in [0, 0.1) is 19.0 Å². The summed E-state index contributed by atoms with van der Waals surface area (Å²) in [6.07, 6.45) is 1.87. The Hall–Kier alpha value is -6.65. The molecule has 0 N–H and O–H groups in total. The Labute approximate surface area is 405 Å². The summed E-state index contributed by atoms with van der Waals surface area (Å²) in [4.78, 5) is 9.64. The van der Waals surface area contributed by atoms with Crippen molar-refractivity contribution in [1.29, 1.82) is 0 Å². The average molecular weight is 1040 g/mol. The summed E-state index contributed by atoms with van der Waals surface area (Å²) in [5, 5.41) is 6.59. The van der Waals surface area contributed by atoms with Gasteiger partial charge in [-0.1, -0.05) is 144 Å². The first-order chi connectivity index (χ1) is 32.7. The number of aryl methyl sites for hydroxylation is 1. The number of nitrogens with zero attached hydrogens (tertiary/aromatic N) is 3. The number of fused-ring (bicyclic) bond motifs is 7. The van der Waals surface area contributed by atoms with Crippen molar-refractivity contribution in [3.05, 3.63) is 198 Å². The van der Waals surface area contributed by atoms with E-state index in [1.54, 1.807) is 12.1 Å². The van der Waals surface area contributed by atoms with Gasteiger partial charge in [-0.3, -0.25) is 4.98 Å². The maximum atomic E-state index is 8.65. The quantitative estimate of drug-likeness (QED) is 0.123. The molecule has 0 bridgehead atoms. The van der Waals surface area contributed by atoms with Crippen LogP contribution in [0.2, 0.25) is 0 Å². The molecule has 0 aliphatic heterocycles. The molecule has 0 aliphatic carbocycles. The van der Waals surface area contributed by atoms with Gasteiger partial charge in [0.05, 0.1) is 22.4 Å². The van der Waals surface area contributed by atoms with Gasteiger partial charge in [0, 0.05) is 41.5 Å². The normalized spacial score (nSPS) is 12.7. The second kappa shape index (κ2) is 18.0. The van der Waals surface area contributed by atoms with Crippen LogP contribution < -0.4 is 0 Å². The number of rotatable bonds is 6. The second-order valence-corrected chi connectivity index (χ2v) is 18.6. The number of benzene rings is 8. The van der Waals surface area contributed by atoms with Gasteiger partial charge in [0.15, 0.2) is 0 Å². The number of hydrogen-bond acceptors (Lipinski definition) is 3. The monoisotopic (exact) mass is 1040 g/mol. The zero-order chi connectivity index (χ0) is 47.5. The van der Waals surface area contributed by atoms with E-state index in [0.717, 1.165) is 66.3 Å². The van der Waals surface area contributed by atoms with Gasteiger partial charge in [0.25, 0.3) is 0 Å². The molecule has 8 aromatic carbocycles. The predicted molar refractivity (Wildman–Crippen MR) is 273 cm³/mol. The molecule has 3 heterocycles. The van der Waals surface area contributed by atoms with E-state index in [-0.39, 0.29) is 42.9 Å². The largest absolute Gasteiger partial charge is 0.501 e. The Bertz CT molecular complexity index is 3630. The van der Waals surface area contributed by atoms with Crippen LogP contribution in [0.15, 0.2) is 168 Å². The third-order valence-electron chi connectivity index (χ3n) is 12.6. The van der Waals surface area contributed by atoms with Gasteiger partial charge in [0.1, 0.15) is 5.58 Å². The van der Waals surface area contributed by atoms with E-state index in [4.69, 9.17) is 13.5 Å². The molecule has 329 valence electrons. The fourth-order valence-electron chi connectivity index (χ4n) is 9.13. The minimum atomic E-state index is -2.37. The van der Waals surface area contributed by atoms with E-state index < -0.39 is 6.85 Å². The van der Waals surface area contributed by atoms with Gasteiger partial charge in [-0.2, -0.15) is 0 Å². The molecule has 0 unspecified atom stereocenters. The van der Waals surface area contributed by atoms with Gasteiger partial charge in [-0.05, 0) is 121 Å². The first kappa shape index (κ1) is 40.8. The van der Waals surface area contributed by atoms with E-state index in [1.807, 2.05) is 54.7 Å². The topological polar surface area (TPSA) is 43.9 Å². The molecule has 11 aromatic rings. The standard InChI is InChI=1S/C46H37N2O.C15H16N.Ir/c1-27(2)37-24-33(30-14-7-6-8-15-30)25-38(28(3)4)44(37)48-43-29(5)13-11-20-41(43)47-46(48)36-19-12-18-35-40-23-32-22-21-31-16-9-10-17-34(31)39(32)26-42(40)49-45(35)36;1-15(2,3)13-9-10-16-14(11-13)12-7-5-4-6-8-12;/h6-18,20-28H,1-5H3;4-7,9-11H,1-3H3;/q2*-1;/i5D3;;. The molecule has 0 saturated carbocycles. The predicted octanol–water partition coefficient (Wildman–Crippen LogP) is 16.8. The molecule has 0 saturated heterocycles. The van der Waals surface area contributed by atoms with Crippen molar-refractivity contribution in [2.24, 2.45) is 0 Å². The second-order valence-electron chi connectivity index (χ2n) is 18.6. The molecule has 3 aromatic heterocycles. The van der Waals surface area contributed by atoms with E-state index in [2.05, 4.69) is 167 Å². The van der Waals surface area contributed by atoms with Crippen molar-refractivity contribution in [2.75, 3.05) is 0 Å². The van der Waals surface area contributed by atoms with Gasteiger partial charge >= 0.3 is 0 Å². The molecule has 0 aliphatic rings. The SMILES string of the molecule is CC(C)(C)c1ccnc(-c2[c-]cccc2)c1.[2H]C([2H])([2H])c1cccc2nc(-c3[c-]ccc4c3oc3cc5c(ccc6ccccc65)cc34)n(-c3c(C(C)C)cc(-c4ccccc4)cc3C(C)C)c12.[Ir]. The fraction of sp³-hybridized carbons (Fsp3) is 0.180. The maximum absolute atomic E-state index is 8.65. The van der Waals surface area contributed by atoms with Crippen molar-refractivity contribution in [3.8, 4) is 39.5 Å². The summed E-state index contributed by atoms with van der Waals surface area (Å²) in [5.41, 5.74) is 12.5. The van der Waals surface area contributed by atoms with E-state index >= 15 is 0 Å². The fourth-order valence-corrected chi connectivity index (χ4v) is 9.13. The summed E-state index contributed by atoms with van der Waals surface area (Å²) in [6, 6.07) is 60.3. The van der Waals surface area contributed by atoms with Crippen LogP contribution in [-0.4, -0.2) is 14.5 Å². The molecule has 0 fully saturated rings. The Kier molecular flexibility index (Phi) is 11.1. The third-order valence-corrected chi connectivity index (χ3v) is 12.6. The zero-order valence-corrected chi connectivity index (χ0v) is 40.7. The molecule has 66 heavy (non-hydrogen) atoms. The van der Waals surface area contributed by atoms with Crippen LogP contribution in [0.1, 0.15) is 86.7 Å². The van der Waals surface area contributed by atoms with Crippen LogP contribution in [-0.2, 0) is 25.5 Å². The molecule has 11 rings (SSSR count). The van der Waals surface area contributed by atoms with Crippen molar-refractivity contribution in [3.63, 3.8) is 0 Å². The van der Waals surface area contributed by atoms with Crippen molar-refractivity contribution in [2.45, 2.75) is 72.6 Å². The molecule has 1 radical (unpaired) electrons. The summed E-state index contributed by atoms with van der Waals surface area (Å²) in [6.45, 7) is 13.0. The van der Waals surface area contributed by atoms with Crippen LogP contribution in [0.25, 0.3) is 94.0 Å². The van der Waals surface area contributed by atoms with Gasteiger partial charge in [0.2, 0.25) is 0 Å². The minimum absolute atomic E-state index is 0. The summed E-state index contributed by atoms with van der Waals surface area (Å²) >= 11 is 0. The maximum Gasteiger partial charge on any atom is 0.121 e. The third kappa shape index (κ3) is 8.16. The number of aromatic nitrogens is 3. The molecule has 5 heteroatoms. The smallest absolute Gasteiger partial charge is 0.121 e. The van der Waals surface area contributed by atoms with Crippen molar-refractivity contribution in [1.82, 2.24) is 14.5 Å². The van der Waals surface area contributed by atoms with Gasteiger partial charge in [-0.15, -0.1) is 54.1 Å². The van der Waals surface area contributed by atoms with E-state index in [1.165, 1.54) is 16.3 Å². The van der Waals surface area contributed by atoms with E-state index in [9.17, 15) is 0 Å². The number of furan rings is 1. The van der Waals surface area contributed by atoms with E-state index in [0.29, 0.717) is 28.0 Å². The number of hydrogen-bond donors (Lipinski definition) is 0. The number of para-hydroxylation sites is 1. The molecular weight excluding hydrogens is 983 g/mol. The van der Waals surface area contributed by atoms with Gasteiger partial charge in [-0.25, -0.2) is 0 Å². The summed E-state index contributed by atoms with van der Waals surface area (Å²) < 4.78 is 34.9. The minimum Gasteiger partial charge on any atom is -0.501 e. The van der Waals surface area contributed by atoms with Crippen molar-refractivity contribution >= 4 is 54.5 Å². The van der Waals surface area contributed by atoms with Gasteiger partial charge < -0.3 is 14.0 Å². The molecule has 4 nitrogen and oxygen atoms in total. The number of imidazole rings is 1. The first-order valence-electron chi connectivity index (χ1n) is 24.0.